The molecule has 0 spiro atoms. The first-order valence-corrected chi connectivity index (χ1v) is 4.02. The Morgan fingerprint density at radius 1 is 1.50 bits per heavy atom. The van der Waals surface area contributed by atoms with Crippen molar-refractivity contribution in [3.05, 3.63) is 0 Å². The van der Waals surface area contributed by atoms with Crippen molar-refractivity contribution in [1.82, 2.24) is 4.90 Å². The third kappa shape index (κ3) is 2.69. The molecule has 0 bridgehead atoms. The summed E-state index contributed by atoms with van der Waals surface area (Å²) in [6.07, 6.45) is 0.988. The summed E-state index contributed by atoms with van der Waals surface area (Å²) in [6, 6.07) is 0. The molecule has 4 heteroatoms. The Balaban J connectivity index is 0.00000121. The molecule has 0 amide bonds. The van der Waals surface area contributed by atoms with Crippen molar-refractivity contribution < 1.29 is 14.5 Å². The summed E-state index contributed by atoms with van der Waals surface area (Å²) in [4.78, 5) is 2.10. The van der Waals surface area contributed by atoms with Crippen LogP contribution in [0.25, 0.3) is 0 Å². The summed E-state index contributed by atoms with van der Waals surface area (Å²) < 4.78 is 5.27. The van der Waals surface area contributed by atoms with E-state index in [1.807, 2.05) is 14.1 Å². The third-order valence-electron chi connectivity index (χ3n) is 2.17. The molecule has 74 valence electrons. The maximum atomic E-state index is 9.16. The number of rotatable bonds is 3. The Labute approximate surface area is 72.7 Å². The molecule has 0 aromatic rings. The minimum absolute atomic E-state index is 0. The molecular weight excluding hydrogens is 161 g/mol. The van der Waals surface area contributed by atoms with Crippen LogP contribution in [0, 0.1) is 5.41 Å². The smallest absolute Gasteiger partial charge is 0.0557 e. The standard InChI is InChI=1S/C8H17NO2.FH/c1-9(2)5-8(6-10)3-4-11-7-8;/h10H,3-7H2,1-2H3;1H. The number of hydrogen-bond acceptors (Lipinski definition) is 3. The summed E-state index contributed by atoms with van der Waals surface area (Å²) in [5, 5.41) is 9.16. The van der Waals surface area contributed by atoms with E-state index in [0.29, 0.717) is 6.61 Å². The minimum atomic E-state index is 0. The summed E-state index contributed by atoms with van der Waals surface area (Å²) in [7, 11) is 4.05. The Morgan fingerprint density at radius 3 is 2.50 bits per heavy atom. The van der Waals surface area contributed by atoms with Crippen LogP contribution in [0.4, 0.5) is 4.70 Å². The highest BCUT2D eigenvalue weighted by Crippen LogP contribution is 2.28. The fourth-order valence-corrected chi connectivity index (χ4v) is 1.62. The molecule has 0 radical (unpaired) electrons. The van der Waals surface area contributed by atoms with Gasteiger partial charge in [0.25, 0.3) is 0 Å². The first-order chi connectivity index (χ1) is 5.18. The lowest BCUT2D eigenvalue weighted by Gasteiger charge is -2.27. The van der Waals surface area contributed by atoms with Gasteiger partial charge in [-0.2, -0.15) is 0 Å². The van der Waals surface area contributed by atoms with E-state index in [-0.39, 0.29) is 16.7 Å². The molecule has 1 unspecified atom stereocenters. The van der Waals surface area contributed by atoms with Crippen LogP contribution < -0.4 is 0 Å². The van der Waals surface area contributed by atoms with Crippen molar-refractivity contribution in [2.75, 3.05) is 40.5 Å². The molecule has 1 saturated heterocycles. The predicted octanol–water partition coefficient (Wildman–Crippen LogP) is 0.0995. The second-order valence-electron chi connectivity index (χ2n) is 3.70. The van der Waals surface area contributed by atoms with Gasteiger partial charge in [-0.05, 0) is 20.5 Å². The fourth-order valence-electron chi connectivity index (χ4n) is 1.62. The van der Waals surface area contributed by atoms with Gasteiger partial charge in [-0.1, -0.05) is 0 Å². The number of nitrogens with zero attached hydrogens (tertiary/aromatic N) is 1. The average molecular weight is 179 g/mol. The number of hydrogen-bond donors (Lipinski definition) is 1. The van der Waals surface area contributed by atoms with Gasteiger partial charge in [0.15, 0.2) is 0 Å². The molecule has 12 heavy (non-hydrogen) atoms. The highest BCUT2D eigenvalue weighted by atomic mass is 19.0. The first kappa shape index (κ1) is 11.8. The van der Waals surface area contributed by atoms with Crippen LogP contribution in [0.1, 0.15) is 6.42 Å². The first-order valence-electron chi connectivity index (χ1n) is 4.02. The fraction of sp³-hybridized carbons (Fsp3) is 1.00. The molecule has 0 saturated carbocycles. The van der Waals surface area contributed by atoms with E-state index in [0.717, 1.165) is 19.6 Å². The van der Waals surface area contributed by atoms with Crippen LogP contribution in [0.5, 0.6) is 0 Å². The van der Waals surface area contributed by atoms with E-state index in [1.54, 1.807) is 0 Å². The van der Waals surface area contributed by atoms with Gasteiger partial charge in [0.05, 0.1) is 13.2 Å². The Bertz CT molecular complexity index is 124. The summed E-state index contributed by atoms with van der Waals surface area (Å²) in [6.45, 7) is 2.67. The minimum Gasteiger partial charge on any atom is -0.396 e. The van der Waals surface area contributed by atoms with Crippen LogP contribution in [-0.4, -0.2) is 50.5 Å². The molecule has 1 fully saturated rings. The molecule has 1 N–H and O–H groups in total. The lowest BCUT2D eigenvalue weighted by molar-refractivity contribution is 0.0708. The van der Waals surface area contributed by atoms with Crippen molar-refractivity contribution in [3.8, 4) is 0 Å². The van der Waals surface area contributed by atoms with Crippen molar-refractivity contribution in [3.63, 3.8) is 0 Å². The van der Waals surface area contributed by atoms with Crippen LogP contribution >= 0.6 is 0 Å². The van der Waals surface area contributed by atoms with Crippen molar-refractivity contribution in [2.24, 2.45) is 5.41 Å². The van der Waals surface area contributed by atoms with E-state index >= 15 is 0 Å². The van der Waals surface area contributed by atoms with Crippen molar-refractivity contribution >= 4 is 0 Å². The van der Waals surface area contributed by atoms with Crippen LogP contribution in [0.3, 0.4) is 0 Å². The van der Waals surface area contributed by atoms with Crippen LogP contribution in [0.2, 0.25) is 0 Å². The summed E-state index contributed by atoms with van der Waals surface area (Å²) in [5.41, 5.74) is 0.0174. The number of halogens is 1. The lowest BCUT2D eigenvalue weighted by atomic mass is 9.88. The number of aliphatic hydroxyl groups is 1. The molecule has 1 heterocycles. The van der Waals surface area contributed by atoms with Gasteiger partial charge in [0.2, 0.25) is 0 Å². The van der Waals surface area contributed by atoms with Crippen LogP contribution in [-0.2, 0) is 4.74 Å². The maximum absolute atomic E-state index is 9.16. The molecule has 1 aliphatic heterocycles. The topological polar surface area (TPSA) is 32.7 Å². The summed E-state index contributed by atoms with van der Waals surface area (Å²) in [5.74, 6) is 0. The van der Waals surface area contributed by atoms with Gasteiger partial charge < -0.3 is 14.7 Å². The Hall–Kier alpha value is -0.190. The van der Waals surface area contributed by atoms with E-state index in [1.165, 1.54) is 0 Å². The molecule has 0 aliphatic carbocycles. The highest BCUT2D eigenvalue weighted by molar-refractivity contribution is 4.84. The SMILES string of the molecule is CN(C)CC1(CO)CCOC1.F. The van der Waals surface area contributed by atoms with Crippen LogP contribution in [0.15, 0.2) is 0 Å². The van der Waals surface area contributed by atoms with E-state index in [4.69, 9.17) is 9.84 Å². The zero-order chi connectivity index (χ0) is 8.32. The maximum Gasteiger partial charge on any atom is 0.0557 e. The zero-order valence-corrected chi connectivity index (χ0v) is 7.75. The average Bonchev–Trinajstić information content (AvgIpc) is 2.36. The van der Waals surface area contributed by atoms with Crippen molar-refractivity contribution in [1.29, 1.82) is 0 Å². The van der Waals surface area contributed by atoms with Gasteiger partial charge in [-0.3, -0.25) is 4.70 Å². The Morgan fingerprint density at radius 2 is 2.17 bits per heavy atom. The van der Waals surface area contributed by atoms with E-state index in [9.17, 15) is 0 Å². The van der Waals surface area contributed by atoms with Gasteiger partial charge in [0.1, 0.15) is 0 Å². The van der Waals surface area contributed by atoms with E-state index in [2.05, 4.69) is 4.90 Å². The molecule has 1 aliphatic rings. The molecule has 1 atom stereocenters. The summed E-state index contributed by atoms with van der Waals surface area (Å²) >= 11 is 0. The number of aliphatic hydroxyl groups excluding tert-OH is 1. The van der Waals surface area contributed by atoms with Gasteiger partial charge in [0, 0.05) is 18.6 Å². The predicted molar refractivity (Wildman–Crippen MR) is 46.0 cm³/mol. The molecule has 3 nitrogen and oxygen atoms in total. The quantitative estimate of drug-likeness (QED) is 0.667. The second kappa shape index (κ2) is 4.74. The molecule has 0 aromatic carbocycles. The molecular formula is C8H18FNO2. The highest BCUT2D eigenvalue weighted by Gasteiger charge is 2.34. The van der Waals surface area contributed by atoms with E-state index < -0.39 is 0 Å². The van der Waals surface area contributed by atoms with Gasteiger partial charge >= 0.3 is 0 Å². The molecule has 0 aromatic heterocycles. The largest absolute Gasteiger partial charge is 0.396 e. The number of ether oxygens (including phenoxy) is 1. The normalized spacial score (nSPS) is 29.0. The lowest BCUT2D eigenvalue weighted by Crippen LogP contribution is -2.37. The third-order valence-corrected chi connectivity index (χ3v) is 2.17. The monoisotopic (exact) mass is 179 g/mol. The zero-order valence-electron chi connectivity index (χ0n) is 7.75. The van der Waals surface area contributed by atoms with Gasteiger partial charge in [-0.15, -0.1) is 0 Å². The molecule has 1 rings (SSSR count). The second-order valence-corrected chi connectivity index (χ2v) is 3.70. The van der Waals surface area contributed by atoms with Crippen molar-refractivity contribution in [2.45, 2.75) is 6.42 Å². The van der Waals surface area contributed by atoms with Gasteiger partial charge in [-0.25, -0.2) is 0 Å². The Kier molecular flexibility index (Phi) is 4.67.